The van der Waals surface area contributed by atoms with Gasteiger partial charge in [-0.3, -0.25) is 0 Å². The summed E-state index contributed by atoms with van der Waals surface area (Å²) in [5, 5.41) is 0. The third-order valence-corrected chi connectivity index (χ3v) is 7.67. The molecule has 0 aliphatic heterocycles. The molecule has 2 aliphatic carbocycles. The molecule has 0 aromatic carbocycles. The number of rotatable bonds is 16. The van der Waals surface area contributed by atoms with Gasteiger partial charge in [0.15, 0.2) is 22.3 Å². The number of nitrogen functional groups attached to an aromatic ring is 2. The molecule has 224 valence electrons. The first-order chi connectivity index (χ1) is 20.3. The summed E-state index contributed by atoms with van der Waals surface area (Å²) in [5.41, 5.74) is 12.9. The second-order valence-corrected chi connectivity index (χ2v) is 11.1. The van der Waals surface area contributed by atoms with Crippen molar-refractivity contribution in [2.45, 2.75) is 63.8 Å². The highest BCUT2D eigenvalue weighted by Gasteiger charge is 2.47. The number of nitrogens with zero attached hydrogens (tertiary/aromatic N) is 8. The van der Waals surface area contributed by atoms with E-state index in [9.17, 15) is 4.57 Å². The van der Waals surface area contributed by atoms with Crippen LogP contribution in [0.2, 0.25) is 0 Å². The molecule has 2 fully saturated rings. The van der Waals surface area contributed by atoms with Crippen LogP contribution in [0.5, 0.6) is 11.8 Å². The highest BCUT2D eigenvalue weighted by Crippen LogP contribution is 2.44. The van der Waals surface area contributed by atoms with Gasteiger partial charge in [0.25, 0.3) is 0 Å². The van der Waals surface area contributed by atoms with Crippen LogP contribution < -0.4 is 20.9 Å². The maximum Gasteiger partial charge on any atom is 0.702 e. The first-order valence-electron chi connectivity index (χ1n) is 13.6. The molecule has 6 rings (SSSR count). The molecule has 17 nitrogen and oxygen atoms in total. The molecule has 0 amide bonds. The monoisotopic (exact) mass is 603 g/mol. The van der Waals surface area contributed by atoms with Crippen LogP contribution in [0, 0.1) is 0 Å². The van der Waals surface area contributed by atoms with Crippen molar-refractivity contribution in [3.8, 4) is 11.8 Å². The van der Waals surface area contributed by atoms with Crippen molar-refractivity contribution in [3.63, 3.8) is 0 Å². The molecule has 0 radical (unpaired) electrons. The Labute approximate surface area is 240 Å². The van der Waals surface area contributed by atoms with Crippen molar-refractivity contribution in [2.75, 3.05) is 38.3 Å². The van der Waals surface area contributed by atoms with Gasteiger partial charge < -0.3 is 39.5 Å². The molecule has 0 spiro atoms. The Morgan fingerprint density at radius 2 is 1.19 bits per heavy atom. The van der Waals surface area contributed by atoms with E-state index in [0.717, 1.165) is 25.7 Å². The third-order valence-electron chi connectivity index (χ3n) is 7.04. The van der Waals surface area contributed by atoms with Gasteiger partial charge in [-0.05, 0) is 39.5 Å². The summed E-state index contributed by atoms with van der Waals surface area (Å²) in [7, 11) is -2.46. The molecular formula is C24H32N10O7P+. The number of hydrogen-bond acceptors (Lipinski definition) is 15. The average Bonchev–Trinajstić information content (AvgIpc) is 3.81. The number of fused-ring (bicyclic) bond motifs is 2. The molecular weight excluding hydrogens is 571 g/mol. The van der Waals surface area contributed by atoms with E-state index in [1.807, 2.05) is 23.0 Å². The largest absolute Gasteiger partial charge is 0.702 e. The minimum atomic E-state index is -2.46. The highest BCUT2D eigenvalue weighted by molar-refractivity contribution is 7.33. The summed E-state index contributed by atoms with van der Waals surface area (Å²) in [5.74, 6) is 0.868. The Morgan fingerprint density at radius 1 is 0.762 bits per heavy atom. The summed E-state index contributed by atoms with van der Waals surface area (Å²) in [6.45, 7) is 5.07. The summed E-state index contributed by atoms with van der Waals surface area (Å²) in [4.78, 5) is 25.6. The number of aromatic nitrogens is 8. The maximum absolute atomic E-state index is 12.3. The van der Waals surface area contributed by atoms with Crippen LogP contribution in [0.15, 0.2) is 12.7 Å². The number of anilines is 2. The quantitative estimate of drug-likeness (QED) is 0.139. The van der Waals surface area contributed by atoms with Gasteiger partial charge in [0.2, 0.25) is 37.2 Å². The summed E-state index contributed by atoms with van der Waals surface area (Å²) < 4.78 is 49.5. The minimum absolute atomic E-state index is 0.0962. The summed E-state index contributed by atoms with van der Waals surface area (Å²) in [6, 6.07) is 0. The van der Waals surface area contributed by atoms with Crippen molar-refractivity contribution in [1.82, 2.24) is 39.0 Å². The lowest BCUT2D eigenvalue weighted by molar-refractivity contribution is -0.0808. The van der Waals surface area contributed by atoms with Crippen LogP contribution in [-0.4, -0.2) is 77.0 Å². The van der Waals surface area contributed by atoms with Crippen LogP contribution in [0.3, 0.4) is 0 Å². The van der Waals surface area contributed by atoms with Crippen LogP contribution in [0.1, 0.15) is 39.5 Å². The molecule has 4 N–H and O–H groups in total. The Bertz CT molecular complexity index is 1490. The summed E-state index contributed by atoms with van der Waals surface area (Å²) >= 11 is 0. The van der Waals surface area contributed by atoms with Crippen molar-refractivity contribution >= 4 is 42.5 Å². The first kappa shape index (κ1) is 28.4. The zero-order chi connectivity index (χ0) is 29.3. The fourth-order valence-corrected chi connectivity index (χ4v) is 4.95. The van der Waals surface area contributed by atoms with Gasteiger partial charge in [0.05, 0.1) is 50.2 Å². The Hall–Kier alpha value is -3.76. The SMILES string of the molecule is CCOc1nc(N)nc2c1ncn2CC1(OCO[P+](=O)OCOC2(Cn3cnc4c(OCC)nc(N)nc43)CC2)CC1. The molecule has 18 heteroatoms. The molecule has 0 bridgehead atoms. The van der Waals surface area contributed by atoms with Crippen LogP contribution in [0.4, 0.5) is 11.9 Å². The van der Waals surface area contributed by atoms with E-state index in [1.54, 1.807) is 12.7 Å². The van der Waals surface area contributed by atoms with E-state index in [2.05, 4.69) is 29.9 Å². The molecule has 42 heavy (non-hydrogen) atoms. The Morgan fingerprint density at radius 3 is 1.57 bits per heavy atom. The number of imidazole rings is 2. The van der Waals surface area contributed by atoms with Crippen LogP contribution in [-0.2, 0) is 36.2 Å². The van der Waals surface area contributed by atoms with Crippen molar-refractivity contribution in [2.24, 2.45) is 0 Å². The zero-order valence-electron chi connectivity index (χ0n) is 23.3. The predicted molar refractivity (Wildman–Crippen MR) is 147 cm³/mol. The van der Waals surface area contributed by atoms with Gasteiger partial charge in [-0.15, -0.1) is 0 Å². The van der Waals surface area contributed by atoms with E-state index in [1.165, 1.54) is 0 Å². The van der Waals surface area contributed by atoms with Crippen LogP contribution in [0.25, 0.3) is 22.3 Å². The normalized spacial score (nSPS) is 16.6. The molecule has 0 atom stereocenters. The van der Waals surface area contributed by atoms with Gasteiger partial charge >= 0.3 is 8.25 Å². The average molecular weight is 604 g/mol. The van der Waals surface area contributed by atoms with Gasteiger partial charge in [-0.1, -0.05) is 9.05 Å². The highest BCUT2D eigenvalue weighted by atomic mass is 31.1. The minimum Gasteiger partial charge on any atom is -0.476 e. The summed E-state index contributed by atoms with van der Waals surface area (Å²) in [6.07, 6.45) is 6.47. The standard InChI is InChI=1S/C24H32N10O7P/c1-3-36-19-15-17(29-21(25)31-19)33(11-27-15)9-23(5-6-23)38-13-40-42(35)41-14-39-24(7-8-24)10-34-12-28-16-18(34)30-22(26)32-20(16)37-4-2/h11-12H,3-10,13-14H2,1-2H3,(H2,25,29,31)(H2,26,30,32)/q+1. The van der Waals surface area contributed by atoms with Crippen molar-refractivity contribution in [3.05, 3.63) is 12.7 Å². The second kappa shape index (κ2) is 11.5. The van der Waals surface area contributed by atoms with E-state index in [4.69, 9.17) is 39.5 Å². The first-order valence-corrected chi connectivity index (χ1v) is 14.7. The van der Waals surface area contributed by atoms with Gasteiger partial charge in [0, 0.05) is 4.57 Å². The van der Waals surface area contributed by atoms with Crippen molar-refractivity contribution in [1.29, 1.82) is 0 Å². The predicted octanol–water partition coefficient (Wildman–Crippen LogP) is 2.33. The molecule has 2 aliphatic rings. The van der Waals surface area contributed by atoms with E-state index < -0.39 is 19.5 Å². The van der Waals surface area contributed by atoms with E-state index in [0.29, 0.717) is 60.4 Å². The molecule has 4 aromatic heterocycles. The molecule has 0 saturated heterocycles. The van der Waals surface area contributed by atoms with E-state index in [-0.39, 0.29) is 25.5 Å². The third kappa shape index (κ3) is 6.05. The second-order valence-electron chi connectivity index (χ2n) is 10.1. The van der Waals surface area contributed by atoms with Gasteiger partial charge in [-0.2, -0.15) is 19.9 Å². The lowest BCUT2D eigenvalue weighted by Gasteiger charge is -2.16. The molecule has 0 unspecified atom stereocenters. The zero-order valence-corrected chi connectivity index (χ0v) is 24.2. The number of hydrogen-bond donors (Lipinski definition) is 2. The molecule has 4 heterocycles. The Balaban J connectivity index is 0.971. The molecule has 2 saturated carbocycles. The van der Waals surface area contributed by atoms with Gasteiger partial charge in [0.1, 0.15) is 0 Å². The smallest absolute Gasteiger partial charge is 0.476 e. The maximum atomic E-state index is 12.3. The van der Waals surface area contributed by atoms with Gasteiger partial charge in [-0.25, -0.2) is 9.97 Å². The topological polar surface area (TPSA) is 212 Å². The lowest BCUT2D eigenvalue weighted by atomic mass is 10.3. The number of nitrogens with two attached hydrogens (primary N) is 2. The van der Waals surface area contributed by atoms with Crippen molar-refractivity contribution < 1.29 is 32.6 Å². The molecule has 4 aromatic rings. The van der Waals surface area contributed by atoms with Crippen LogP contribution >= 0.6 is 8.25 Å². The lowest BCUT2D eigenvalue weighted by Crippen LogP contribution is -2.23. The fraction of sp³-hybridized carbons (Fsp3) is 0.583. The number of ether oxygens (including phenoxy) is 4. The van der Waals surface area contributed by atoms with E-state index >= 15 is 0 Å². The fourth-order valence-electron chi connectivity index (χ4n) is 4.60. The Kier molecular flexibility index (Phi) is 7.76.